The SMILES string of the molecule is CC(C)CNC(=O)c1cccc(CN2CCNCC2c2cccc(F)c2)c1.Cl. The van der Waals surface area contributed by atoms with Crippen LogP contribution in [0.5, 0.6) is 0 Å². The van der Waals surface area contributed by atoms with Gasteiger partial charge in [0.1, 0.15) is 5.82 Å². The first kappa shape index (κ1) is 22.3. The molecule has 0 spiro atoms. The van der Waals surface area contributed by atoms with Crippen molar-refractivity contribution in [3.63, 3.8) is 0 Å². The van der Waals surface area contributed by atoms with Crippen molar-refractivity contribution in [2.75, 3.05) is 26.2 Å². The molecule has 0 aromatic heterocycles. The number of carbonyl (C=O) groups is 1. The molecule has 1 amide bonds. The van der Waals surface area contributed by atoms with Crippen molar-refractivity contribution in [1.29, 1.82) is 0 Å². The van der Waals surface area contributed by atoms with Gasteiger partial charge in [0.25, 0.3) is 5.91 Å². The second-order valence-electron chi connectivity index (χ2n) is 7.55. The van der Waals surface area contributed by atoms with E-state index >= 15 is 0 Å². The summed E-state index contributed by atoms with van der Waals surface area (Å²) in [6.07, 6.45) is 0. The van der Waals surface area contributed by atoms with Crippen LogP contribution in [-0.4, -0.2) is 37.0 Å². The van der Waals surface area contributed by atoms with Gasteiger partial charge in [-0.1, -0.05) is 38.1 Å². The van der Waals surface area contributed by atoms with Gasteiger partial charge in [0.05, 0.1) is 0 Å². The van der Waals surface area contributed by atoms with Gasteiger partial charge in [0, 0.05) is 44.3 Å². The first-order valence-electron chi connectivity index (χ1n) is 9.60. The van der Waals surface area contributed by atoms with Gasteiger partial charge >= 0.3 is 0 Å². The third kappa shape index (κ3) is 6.03. The maximum atomic E-state index is 13.7. The van der Waals surface area contributed by atoms with Crippen LogP contribution < -0.4 is 10.6 Å². The molecule has 1 saturated heterocycles. The standard InChI is InChI=1S/C22H28FN3O.ClH/c1-16(2)13-25-22(27)19-7-3-5-17(11-19)15-26-10-9-24-14-21(26)18-6-4-8-20(23)12-18;/h3-8,11-12,16,21,24H,9-10,13-15H2,1-2H3,(H,25,27);1H. The molecule has 2 aromatic carbocycles. The zero-order valence-corrected chi connectivity index (χ0v) is 17.3. The molecule has 6 heteroatoms. The lowest BCUT2D eigenvalue weighted by Crippen LogP contribution is -2.45. The molecular formula is C22H29ClFN3O. The van der Waals surface area contributed by atoms with Crippen LogP contribution >= 0.6 is 12.4 Å². The van der Waals surface area contributed by atoms with Gasteiger partial charge in [-0.15, -0.1) is 12.4 Å². The fourth-order valence-corrected chi connectivity index (χ4v) is 3.42. The Hall–Kier alpha value is -1.95. The van der Waals surface area contributed by atoms with Gasteiger partial charge in [0.2, 0.25) is 0 Å². The predicted molar refractivity (Wildman–Crippen MR) is 113 cm³/mol. The molecule has 152 valence electrons. The van der Waals surface area contributed by atoms with Crippen LogP contribution in [0.25, 0.3) is 0 Å². The van der Waals surface area contributed by atoms with Crippen molar-refractivity contribution >= 4 is 18.3 Å². The molecule has 0 saturated carbocycles. The topological polar surface area (TPSA) is 44.4 Å². The molecule has 0 aliphatic carbocycles. The van der Waals surface area contributed by atoms with Crippen molar-refractivity contribution < 1.29 is 9.18 Å². The quantitative estimate of drug-likeness (QED) is 0.768. The van der Waals surface area contributed by atoms with Gasteiger partial charge in [-0.3, -0.25) is 9.69 Å². The number of nitrogens with one attached hydrogen (secondary N) is 2. The van der Waals surface area contributed by atoms with Gasteiger partial charge in [0.15, 0.2) is 0 Å². The Morgan fingerprint density at radius 3 is 2.79 bits per heavy atom. The summed E-state index contributed by atoms with van der Waals surface area (Å²) in [4.78, 5) is 14.7. The first-order valence-corrected chi connectivity index (χ1v) is 9.60. The summed E-state index contributed by atoms with van der Waals surface area (Å²) in [6, 6.07) is 14.7. The number of piperazine rings is 1. The Bertz CT molecular complexity index is 784. The minimum atomic E-state index is -0.207. The minimum absolute atomic E-state index is 0. The number of benzene rings is 2. The molecule has 0 bridgehead atoms. The zero-order valence-electron chi connectivity index (χ0n) is 16.5. The number of nitrogens with zero attached hydrogens (tertiary/aromatic N) is 1. The number of hydrogen-bond donors (Lipinski definition) is 2. The second-order valence-corrected chi connectivity index (χ2v) is 7.55. The number of hydrogen-bond acceptors (Lipinski definition) is 3. The molecule has 1 aliphatic heterocycles. The molecule has 1 heterocycles. The van der Waals surface area contributed by atoms with Gasteiger partial charge < -0.3 is 10.6 Å². The van der Waals surface area contributed by atoms with E-state index in [0.29, 0.717) is 18.0 Å². The van der Waals surface area contributed by atoms with E-state index < -0.39 is 0 Å². The van der Waals surface area contributed by atoms with Crippen molar-refractivity contribution in [3.05, 3.63) is 71.0 Å². The van der Waals surface area contributed by atoms with Crippen LogP contribution in [0.2, 0.25) is 0 Å². The summed E-state index contributed by atoms with van der Waals surface area (Å²) in [7, 11) is 0. The molecule has 2 aromatic rings. The monoisotopic (exact) mass is 405 g/mol. The maximum Gasteiger partial charge on any atom is 0.251 e. The fourth-order valence-electron chi connectivity index (χ4n) is 3.42. The molecule has 1 atom stereocenters. The Morgan fingerprint density at radius 1 is 1.25 bits per heavy atom. The predicted octanol–water partition coefficient (Wildman–Crippen LogP) is 3.78. The first-order chi connectivity index (χ1) is 13.0. The van der Waals surface area contributed by atoms with E-state index in [0.717, 1.165) is 37.3 Å². The highest BCUT2D eigenvalue weighted by atomic mass is 35.5. The van der Waals surface area contributed by atoms with Crippen LogP contribution in [0.4, 0.5) is 4.39 Å². The minimum Gasteiger partial charge on any atom is -0.352 e. The number of carbonyl (C=O) groups excluding carboxylic acids is 1. The summed E-state index contributed by atoms with van der Waals surface area (Å²) in [5.41, 5.74) is 2.76. The summed E-state index contributed by atoms with van der Waals surface area (Å²) in [6.45, 7) is 8.13. The lowest BCUT2D eigenvalue weighted by atomic mass is 10.0. The fraction of sp³-hybridized carbons (Fsp3) is 0.409. The number of rotatable bonds is 6. The van der Waals surface area contributed by atoms with E-state index in [1.165, 1.54) is 6.07 Å². The van der Waals surface area contributed by atoms with E-state index in [1.54, 1.807) is 12.1 Å². The molecule has 28 heavy (non-hydrogen) atoms. The zero-order chi connectivity index (χ0) is 19.2. The van der Waals surface area contributed by atoms with Crippen molar-refractivity contribution in [1.82, 2.24) is 15.5 Å². The summed E-state index contributed by atoms with van der Waals surface area (Å²) in [5, 5.41) is 6.36. The summed E-state index contributed by atoms with van der Waals surface area (Å²) in [5.74, 6) is 0.180. The highest BCUT2D eigenvalue weighted by molar-refractivity contribution is 5.94. The lowest BCUT2D eigenvalue weighted by molar-refractivity contribution is 0.0948. The van der Waals surface area contributed by atoms with Crippen LogP contribution in [0.15, 0.2) is 48.5 Å². The van der Waals surface area contributed by atoms with Gasteiger partial charge in [-0.2, -0.15) is 0 Å². The van der Waals surface area contributed by atoms with Crippen molar-refractivity contribution in [2.24, 2.45) is 5.92 Å². The van der Waals surface area contributed by atoms with Crippen LogP contribution in [-0.2, 0) is 6.54 Å². The highest BCUT2D eigenvalue weighted by Gasteiger charge is 2.24. The third-order valence-corrected chi connectivity index (χ3v) is 4.83. The average Bonchev–Trinajstić information content (AvgIpc) is 2.67. The van der Waals surface area contributed by atoms with Crippen LogP contribution in [0, 0.1) is 11.7 Å². The Morgan fingerprint density at radius 2 is 2.04 bits per heavy atom. The molecule has 0 radical (unpaired) electrons. The number of amides is 1. The molecule has 3 rings (SSSR count). The van der Waals surface area contributed by atoms with Crippen LogP contribution in [0.3, 0.4) is 0 Å². The molecular weight excluding hydrogens is 377 g/mol. The Balaban J connectivity index is 0.00000280. The maximum absolute atomic E-state index is 13.7. The lowest BCUT2D eigenvalue weighted by Gasteiger charge is -2.36. The van der Waals surface area contributed by atoms with Crippen molar-refractivity contribution in [3.8, 4) is 0 Å². The Labute approximate surface area is 172 Å². The van der Waals surface area contributed by atoms with E-state index in [1.807, 2.05) is 30.3 Å². The molecule has 1 aliphatic rings. The van der Waals surface area contributed by atoms with E-state index in [9.17, 15) is 9.18 Å². The number of halogens is 2. The average molecular weight is 406 g/mol. The summed E-state index contributed by atoms with van der Waals surface area (Å²) >= 11 is 0. The molecule has 2 N–H and O–H groups in total. The molecule has 1 unspecified atom stereocenters. The normalized spacial score (nSPS) is 17.2. The third-order valence-electron chi connectivity index (χ3n) is 4.83. The van der Waals surface area contributed by atoms with E-state index in [-0.39, 0.29) is 30.2 Å². The Kier molecular flexibility index (Phi) is 8.42. The summed E-state index contributed by atoms with van der Waals surface area (Å²) < 4.78 is 13.7. The smallest absolute Gasteiger partial charge is 0.251 e. The van der Waals surface area contributed by atoms with Gasteiger partial charge in [-0.05, 0) is 41.3 Å². The van der Waals surface area contributed by atoms with Crippen LogP contribution in [0.1, 0.15) is 41.4 Å². The van der Waals surface area contributed by atoms with Crippen molar-refractivity contribution in [2.45, 2.75) is 26.4 Å². The second kappa shape index (κ2) is 10.6. The molecule has 1 fully saturated rings. The van der Waals surface area contributed by atoms with E-state index in [4.69, 9.17) is 0 Å². The van der Waals surface area contributed by atoms with Gasteiger partial charge in [-0.25, -0.2) is 4.39 Å². The van der Waals surface area contributed by atoms with E-state index in [2.05, 4.69) is 29.4 Å². The largest absolute Gasteiger partial charge is 0.352 e. The highest BCUT2D eigenvalue weighted by Crippen LogP contribution is 2.25. The molecule has 4 nitrogen and oxygen atoms in total.